The smallest absolute Gasteiger partial charge is 0.240 e. The number of ether oxygens (including phenoxy) is 2. The number of nitrogens with zero attached hydrogens (tertiary/aromatic N) is 3. The minimum absolute atomic E-state index is 0.0848. The largest absolute Gasteiger partial charge is 0.481 e. The zero-order valence-electron chi connectivity index (χ0n) is 8.89. The molecule has 3 N–H and O–H groups in total. The molecule has 2 heterocycles. The fourth-order valence-corrected chi connectivity index (χ4v) is 1.13. The van der Waals surface area contributed by atoms with Gasteiger partial charge in [-0.05, 0) is 6.92 Å². The molecule has 2 aromatic rings. The Labute approximate surface area is 91.6 Å². The SMILES string of the molecule is COc1cc(Oc2cc(C)[nH]n2)nc(N)n1. The quantitative estimate of drug-likeness (QED) is 0.798. The lowest BCUT2D eigenvalue weighted by Crippen LogP contribution is -1.99. The summed E-state index contributed by atoms with van der Waals surface area (Å²) in [5.41, 5.74) is 6.38. The number of methoxy groups -OCH3 is 1. The summed E-state index contributed by atoms with van der Waals surface area (Å²) < 4.78 is 10.3. The monoisotopic (exact) mass is 221 g/mol. The van der Waals surface area contributed by atoms with E-state index in [9.17, 15) is 0 Å². The topological polar surface area (TPSA) is 98.9 Å². The number of hydrogen-bond acceptors (Lipinski definition) is 6. The third-order valence-electron chi connectivity index (χ3n) is 1.80. The summed E-state index contributed by atoms with van der Waals surface area (Å²) in [4.78, 5) is 7.73. The van der Waals surface area contributed by atoms with Crippen LogP contribution in [0.1, 0.15) is 5.69 Å². The molecule has 84 valence electrons. The molecule has 2 aromatic heterocycles. The Hall–Kier alpha value is -2.31. The van der Waals surface area contributed by atoms with E-state index < -0.39 is 0 Å². The Morgan fingerprint density at radius 1 is 1.19 bits per heavy atom. The summed E-state index contributed by atoms with van der Waals surface area (Å²) in [6, 6.07) is 3.27. The van der Waals surface area contributed by atoms with Gasteiger partial charge in [-0.25, -0.2) is 0 Å². The molecule has 0 aliphatic heterocycles. The van der Waals surface area contributed by atoms with Crippen LogP contribution >= 0.6 is 0 Å². The molecule has 0 bridgehead atoms. The van der Waals surface area contributed by atoms with E-state index in [4.69, 9.17) is 15.2 Å². The molecule has 0 atom stereocenters. The molecule has 0 saturated heterocycles. The van der Waals surface area contributed by atoms with Gasteiger partial charge in [0.15, 0.2) is 0 Å². The average molecular weight is 221 g/mol. The van der Waals surface area contributed by atoms with Crippen LogP contribution in [0, 0.1) is 6.92 Å². The van der Waals surface area contributed by atoms with Crippen LogP contribution in [0.4, 0.5) is 5.95 Å². The van der Waals surface area contributed by atoms with Crippen molar-refractivity contribution < 1.29 is 9.47 Å². The second kappa shape index (κ2) is 4.05. The molecule has 0 aliphatic carbocycles. The standard InChI is InChI=1S/C9H11N5O2/c1-5-3-8(14-13-5)16-7-4-6(15-2)11-9(10)12-7/h3-4H,1-2H3,(H,13,14)(H2,10,11,12). The van der Waals surface area contributed by atoms with Crippen LogP contribution < -0.4 is 15.2 Å². The summed E-state index contributed by atoms with van der Waals surface area (Å²) in [7, 11) is 1.49. The van der Waals surface area contributed by atoms with Gasteiger partial charge in [0, 0.05) is 11.8 Å². The summed E-state index contributed by atoms with van der Waals surface area (Å²) >= 11 is 0. The number of nitrogens with one attached hydrogen (secondary N) is 1. The first-order valence-electron chi connectivity index (χ1n) is 4.56. The van der Waals surface area contributed by atoms with E-state index >= 15 is 0 Å². The van der Waals surface area contributed by atoms with E-state index in [-0.39, 0.29) is 11.8 Å². The van der Waals surface area contributed by atoms with Gasteiger partial charge in [0.1, 0.15) is 0 Å². The van der Waals surface area contributed by atoms with E-state index in [2.05, 4.69) is 20.2 Å². The van der Waals surface area contributed by atoms with E-state index in [1.807, 2.05) is 6.92 Å². The van der Waals surface area contributed by atoms with Crippen molar-refractivity contribution in [3.63, 3.8) is 0 Å². The van der Waals surface area contributed by atoms with Crippen molar-refractivity contribution in [1.82, 2.24) is 20.2 Å². The normalized spacial score (nSPS) is 10.1. The highest BCUT2D eigenvalue weighted by molar-refractivity contribution is 5.31. The molecule has 0 aromatic carbocycles. The molecule has 0 radical (unpaired) electrons. The highest BCUT2D eigenvalue weighted by Gasteiger charge is 2.06. The number of aryl methyl sites for hydroxylation is 1. The fourth-order valence-electron chi connectivity index (χ4n) is 1.13. The van der Waals surface area contributed by atoms with Crippen LogP contribution in [0.5, 0.6) is 17.6 Å². The van der Waals surface area contributed by atoms with Crippen molar-refractivity contribution in [2.45, 2.75) is 6.92 Å². The molecule has 2 rings (SSSR count). The van der Waals surface area contributed by atoms with Crippen LogP contribution in [0.2, 0.25) is 0 Å². The number of hydrogen-bond donors (Lipinski definition) is 2. The maximum Gasteiger partial charge on any atom is 0.240 e. The van der Waals surface area contributed by atoms with Gasteiger partial charge < -0.3 is 15.2 Å². The molecule has 0 spiro atoms. The van der Waals surface area contributed by atoms with Gasteiger partial charge in [0.25, 0.3) is 0 Å². The van der Waals surface area contributed by atoms with Crippen LogP contribution in [-0.2, 0) is 0 Å². The van der Waals surface area contributed by atoms with Gasteiger partial charge in [0.2, 0.25) is 23.6 Å². The maximum atomic E-state index is 5.48. The zero-order valence-corrected chi connectivity index (χ0v) is 8.89. The average Bonchev–Trinajstić information content (AvgIpc) is 2.63. The van der Waals surface area contributed by atoms with Gasteiger partial charge in [-0.2, -0.15) is 9.97 Å². The highest BCUT2D eigenvalue weighted by atomic mass is 16.5. The van der Waals surface area contributed by atoms with Crippen molar-refractivity contribution in [3.8, 4) is 17.6 Å². The Bertz CT molecular complexity index is 496. The number of aromatic amines is 1. The lowest BCUT2D eigenvalue weighted by molar-refractivity contribution is 0.387. The van der Waals surface area contributed by atoms with Crippen molar-refractivity contribution in [2.24, 2.45) is 0 Å². The molecule has 0 saturated carbocycles. The maximum absolute atomic E-state index is 5.48. The molecule has 0 aliphatic rings. The number of rotatable bonds is 3. The van der Waals surface area contributed by atoms with Gasteiger partial charge in [0.05, 0.1) is 13.2 Å². The zero-order chi connectivity index (χ0) is 11.5. The molecule has 0 amide bonds. The lowest BCUT2D eigenvalue weighted by Gasteiger charge is -2.03. The second-order valence-electron chi connectivity index (χ2n) is 3.10. The number of anilines is 1. The number of nitrogen functional groups attached to an aromatic ring is 1. The molecule has 0 unspecified atom stereocenters. The molecular formula is C9H11N5O2. The van der Waals surface area contributed by atoms with Crippen molar-refractivity contribution in [1.29, 1.82) is 0 Å². The van der Waals surface area contributed by atoms with Crippen molar-refractivity contribution in [2.75, 3.05) is 12.8 Å². The molecule has 7 heteroatoms. The Kier molecular flexibility index (Phi) is 2.59. The Morgan fingerprint density at radius 3 is 2.56 bits per heavy atom. The van der Waals surface area contributed by atoms with Crippen LogP contribution in [0.3, 0.4) is 0 Å². The molecule has 7 nitrogen and oxygen atoms in total. The predicted molar refractivity (Wildman–Crippen MR) is 56.4 cm³/mol. The first-order valence-corrected chi connectivity index (χ1v) is 4.56. The van der Waals surface area contributed by atoms with Gasteiger partial charge in [-0.1, -0.05) is 0 Å². The fraction of sp³-hybridized carbons (Fsp3) is 0.222. The predicted octanol–water partition coefficient (Wildman–Crippen LogP) is 0.891. The second-order valence-corrected chi connectivity index (χ2v) is 3.10. The van der Waals surface area contributed by atoms with E-state index in [0.717, 1.165) is 5.69 Å². The summed E-state index contributed by atoms with van der Waals surface area (Å²) in [5.74, 6) is 1.13. The van der Waals surface area contributed by atoms with Crippen molar-refractivity contribution in [3.05, 3.63) is 17.8 Å². The van der Waals surface area contributed by atoms with Crippen LogP contribution in [0.15, 0.2) is 12.1 Å². The van der Waals surface area contributed by atoms with E-state index in [1.54, 1.807) is 6.07 Å². The Balaban J connectivity index is 2.24. The van der Waals surface area contributed by atoms with Gasteiger partial charge >= 0.3 is 0 Å². The van der Waals surface area contributed by atoms with Gasteiger partial charge in [-0.3, -0.25) is 5.10 Å². The summed E-state index contributed by atoms with van der Waals surface area (Å²) in [6.45, 7) is 1.87. The van der Waals surface area contributed by atoms with Crippen molar-refractivity contribution >= 4 is 5.95 Å². The molecule has 0 fully saturated rings. The van der Waals surface area contributed by atoms with E-state index in [0.29, 0.717) is 11.8 Å². The number of aromatic nitrogens is 4. The lowest BCUT2D eigenvalue weighted by atomic mass is 10.5. The first kappa shape index (κ1) is 10.2. The van der Waals surface area contributed by atoms with Crippen LogP contribution in [0.25, 0.3) is 0 Å². The van der Waals surface area contributed by atoms with Gasteiger partial charge in [-0.15, -0.1) is 5.10 Å². The summed E-state index contributed by atoms with van der Waals surface area (Å²) in [5, 5.41) is 6.66. The minimum atomic E-state index is 0.0848. The summed E-state index contributed by atoms with van der Waals surface area (Å²) in [6.07, 6.45) is 0. The minimum Gasteiger partial charge on any atom is -0.481 e. The third kappa shape index (κ3) is 2.19. The third-order valence-corrected chi connectivity index (χ3v) is 1.80. The number of H-pyrrole nitrogens is 1. The Morgan fingerprint density at radius 2 is 1.94 bits per heavy atom. The highest BCUT2D eigenvalue weighted by Crippen LogP contribution is 2.21. The van der Waals surface area contributed by atoms with Crippen LogP contribution in [-0.4, -0.2) is 27.3 Å². The number of nitrogens with two attached hydrogens (primary N) is 1. The molecular weight excluding hydrogens is 210 g/mol. The van der Waals surface area contributed by atoms with E-state index in [1.165, 1.54) is 13.2 Å². The molecule has 16 heavy (non-hydrogen) atoms. The first-order chi connectivity index (χ1) is 7.67.